The summed E-state index contributed by atoms with van der Waals surface area (Å²) < 4.78 is 0. The minimum atomic E-state index is 0.267. The number of fused-ring (bicyclic) bond motifs is 1. The molecule has 2 nitrogen and oxygen atoms in total. The van der Waals surface area contributed by atoms with Gasteiger partial charge in [-0.2, -0.15) is 0 Å². The molecule has 1 aliphatic heterocycles. The van der Waals surface area contributed by atoms with Gasteiger partial charge >= 0.3 is 0 Å². The molecule has 1 aromatic rings. The summed E-state index contributed by atoms with van der Waals surface area (Å²) in [7, 11) is 0. The fourth-order valence-electron chi connectivity index (χ4n) is 2.10. The topological polar surface area (TPSA) is 29.1 Å². The van der Waals surface area contributed by atoms with Crippen LogP contribution in [0.15, 0.2) is 18.2 Å². The molecule has 0 atom stereocenters. The highest BCUT2D eigenvalue weighted by molar-refractivity contribution is 5.76. The Labute approximate surface area is 90.7 Å². The van der Waals surface area contributed by atoms with Gasteiger partial charge in [0.25, 0.3) is 0 Å². The number of ketones is 1. The van der Waals surface area contributed by atoms with Crippen molar-refractivity contribution in [3.05, 3.63) is 29.3 Å². The summed E-state index contributed by atoms with van der Waals surface area (Å²) in [6.07, 6.45) is 3.89. The second kappa shape index (κ2) is 4.47. The van der Waals surface area contributed by atoms with Gasteiger partial charge in [0.15, 0.2) is 0 Å². The number of nitrogens with one attached hydrogen (secondary N) is 1. The van der Waals surface area contributed by atoms with Crippen molar-refractivity contribution in [2.45, 2.75) is 32.6 Å². The number of carbonyl (C=O) groups excluding carboxylic acids is 1. The molecule has 1 aliphatic rings. The second-order valence-corrected chi connectivity index (χ2v) is 4.18. The molecule has 0 saturated carbocycles. The molecule has 15 heavy (non-hydrogen) atoms. The third kappa shape index (κ3) is 2.38. The van der Waals surface area contributed by atoms with Crippen LogP contribution in [-0.2, 0) is 17.6 Å². The lowest BCUT2D eigenvalue weighted by atomic mass is 9.96. The van der Waals surface area contributed by atoms with Crippen molar-refractivity contribution >= 4 is 11.5 Å². The fourth-order valence-corrected chi connectivity index (χ4v) is 2.10. The predicted octanol–water partition coefficient (Wildman–Crippen LogP) is 2.57. The molecule has 2 heteroatoms. The lowest BCUT2D eigenvalue weighted by Crippen LogP contribution is -2.14. The minimum Gasteiger partial charge on any atom is -0.385 e. The zero-order valence-electron chi connectivity index (χ0n) is 9.18. The summed E-state index contributed by atoms with van der Waals surface area (Å²) in [4.78, 5) is 11.0. The standard InChI is InChI=1S/C13H17NO/c1-10(15)7-8-12-5-2-4-11-6-3-9-14-13(11)12/h2,4-5,14H,3,6-9H2,1H3. The third-order valence-corrected chi connectivity index (χ3v) is 2.91. The summed E-state index contributed by atoms with van der Waals surface area (Å²) in [6.45, 7) is 2.72. The molecule has 1 heterocycles. The van der Waals surface area contributed by atoms with Crippen LogP contribution in [0.2, 0.25) is 0 Å². The van der Waals surface area contributed by atoms with E-state index in [9.17, 15) is 4.79 Å². The van der Waals surface area contributed by atoms with Crippen LogP contribution in [-0.4, -0.2) is 12.3 Å². The Morgan fingerprint density at radius 1 is 1.47 bits per heavy atom. The lowest BCUT2D eigenvalue weighted by Gasteiger charge is -2.21. The van der Waals surface area contributed by atoms with Gasteiger partial charge < -0.3 is 10.1 Å². The molecule has 0 aromatic heterocycles. The Morgan fingerprint density at radius 2 is 2.33 bits per heavy atom. The van der Waals surface area contributed by atoms with Gasteiger partial charge in [-0.1, -0.05) is 18.2 Å². The van der Waals surface area contributed by atoms with E-state index in [2.05, 4.69) is 23.5 Å². The number of carbonyl (C=O) groups is 1. The van der Waals surface area contributed by atoms with E-state index in [4.69, 9.17) is 0 Å². The van der Waals surface area contributed by atoms with Crippen LogP contribution < -0.4 is 5.32 Å². The van der Waals surface area contributed by atoms with Gasteiger partial charge in [-0.05, 0) is 37.3 Å². The quantitative estimate of drug-likeness (QED) is 0.818. The molecule has 0 radical (unpaired) electrons. The number of hydrogen-bond donors (Lipinski definition) is 1. The average molecular weight is 203 g/mol. The first-order chi connectivity index (χ1) is 7.27. The second-order valence-electron chi connectivity index (χ2n) is 4.18. The van der Waals surface area contributed by atoms with Crippen molar-refractivity contribution in [1.29, 1.82) is 0 Å². The Kier molecular flexibility index (Phi) is 3.05. The van der Waals surface area contributed by atoms with Gasteiger partial charge in [-0.25, -0.2) is 0 Å². The molecule has 0 unspecified atom stereocenters. The lowest BCUT2D eigenvalue weighted by molar-refractivity contribution is -0.116. The average Bonchev–Trinajstić information content (AvgIpc) is 2.26. The summed E-state index contributed by atoms with van der Waals surface area (Å²) in [5.74, 6) is 0.267. The molecule has 0 saturated heterocycles. The van der Waals surface area contributed by atoms with Crippen LogP contribution in [0, 0.1) is 0 Å². The van der Waals surface area contributed by atoms with Crippen LogP contribution in [0.1, 0.15) is 30.9 Å². The zero-order chi connectivity index (χ0) is 10.7. The number of para-hydroxylation sites is 1. The van der Waals surface area contributed by atoms with E-state index < -0.39 is 0 Å². The van der Waals surface area contributed by atoms with Crippen molar-refractivity contribution in [2.24, 2.45) is 0 Å². The minimum absolute atomic E-state index is 0.267. The van der Waals surface area contributed by atoms with Crippen LogP contribution in [0.5, 0.6) is 0 Å². The van der Waals surface area contributed by atoms with Crippen molar-refractivity contribution < 1.29 is 4.79 Å². The van der Waals surface area contributed by atoms with Crippen LogP contribution in [0.25, 0.3) is 0 Å². The third-order valence-electron chi connectivity index (χ3n) is 2.91. The predicted molar refractivity (Wildman–Crippen MR) is 62.3 cm³/mol. The van der Waals surface area contributed by atoms with Crippen LogP contribution >= 0.6 is 0 Å². The van der Waals surface area contributed by atoms with E-state index >= 15 is 0 Å². The van der Waals surface area contributed by atoms with Crippen molar-refractivity contribution in [3.8, 4) is 0 Å². The number of Topliss-reactive ketones (excluding diaryl/α,β-unsaturated/α-hetero) is 1. The fraction of sp³-hybridized carbons (Fsp3) is 0.462. The first-order valence-electron chi connectivity index (χ1n) is 5.61. The summed E-state index contributed by atoms with van der Waals surface area (Å²) in [5.41, 5.74) is 3.98. The molecule has 1 aromatic carbocycles. The van der Waals surface area contributed by atoms with E-state index in [0.29, 0.717) is 6.42 Å². The Hall–Kier alpha value is -1.31. The Balaban J connectivity index is 2.19. The van der Waals surface area contributed by atoms with Crippen LogP contribution in [0.3, 0.4) is 0 Å². The van der Waals surface area contributed by atoms with Gasteiger partial charge in [0, 0.05) is 18.7 Å². The van der Waals surface area contributed by atoms with Crippen molar-refractivity contribution in [3.63, 3.8) is 0 Å². The number of anilines is 1. The molecule has 2 rings (SSSR count). The normalized spacial score (nSPS) is 14.2. The van der Waals surface area contributed by atoms with Gasteiger partial charge in [0.2, 0.25) is 0 Å². The highest BCUT2D eigenvalue weighted by Crippen LogP contribution is 2.26. The molecule has 1 N–H and O–H groups in total. The van der Waals surface area contributed by atoms with E-state index in [1.165, 1.54) is 23.2 Å². The van der Waals surface area contributed by atoms with Crippen molar-refractivity contribution in [2.75, 3.05) is 11.9 Å². The summed E-state index contributed by atoms with van der Waals surface area (Å²) in [6, 6.07) is 6.40. The van der Waals surface area contributed by atoms with Crippen molar-refractivity contribution in [1.82, 2.24) is 0 Å². The Bertz CT molecular complexity index is 371. The highest BCUT2D eigenvalue weighted by atomic mass is 16.1. The van der Waals surface area contributed by atoms with Crippen LogP contribution in [0.4, 0.5) is 5.69 Å². The van der Waals surface area contributed by atoms with Gasteiger partial charge in [0.1, 0.15) is 5.78 Å². The Morgan fingerprint density at radius 3 is 3.13 bits per heavy atom. The molecule has 0 bridgehead atoms. The number of rotatable bonds is 3. The summed E-state index contributed by atoms with van der Waals surface area (Å²) >= 11 is 0. The van der Waals surface area contributed by atoms with E-state index in [1.807, 2.05) is 0 Å². The first-order valence-corrected chi connectivity index (χ1v) is 5.61. The van der Waals surface area contributed by atoms with E-state index in [0.717, 1.165) is 19.4 Å². The highest BCUT2D eigenvalue weighted by Gasteiger charge is 2.11. The first kappa shape index (κ1) is 10.2. The van der Waals surface area contributed by atoms with Gasteiger partial charge in [0.05, 0.1) is 0 Å². The molecule has 0 spiro atoms. The maximum Gasteiger partial charge on any atom is 0.130 e. The molecule has 0 aliphatic carbocycles. The molecule has 0 amide bonds. The zero-order valence-corrected chi connectivity index (χ0v) is 9.18. The van der Waals surface area contributed by atoms with Gasteiger partial charge in [-0.3, -0.25) is 0 Å². The summed E-state index contributed by atoms with van der Waals surface area (Å²) in [5, 5.41) is 3.44. The van der Waals surface area contributed by atoms with E-state index in [-0.39, 0.29) is 5.78 Å². The maximum atomic E-state index is 11.0. The molecular formula is C13H17NO. The number of aryl methyl sites for hydroxylation is 2. The maximum absolute atomic E-state index is 11.0. The van der Waals surface area contributed by atoms with E-state index in [1.54, 1.807) is 6.92 Å². The largest absolute Gasteiger partial charge is 0.385 e. The molecule has 0 fully saturated rings. The number of benzene rings is 1. The van der Waals surface area contributed by atoms with Gasteiger partial charge in [-0.15, -0.1) is 0 Å². The molecule has 80 valence electrons. The smallest absolute Gasteiger partial charge is 0.130 e. The monoisotopic (exact) mass is 203 g/mol. The number of hydrogen-bond acceptors (Lipinski definition) is 2. The molecular weight excluding hydrogens is 186 g/mol. The SMILES string of the molecule is CC(=O)CCc1cccc2c1NCCC2.